The highest BCUT2D eigenvalue weighted by Crippen LogP contribution is 2.48. The van der Waals surface area contributed by atoms with Crippen molar-refractivity contribution in [1.29, 1.82) is 0 Å². The van der Waals surface area contributed by atoms with Gasteiger partial charge >= 0.3 is 0 Å². The Morgan fingerprint density at radius 2 is 2.09 bits per heavy atom. The van der Waals surface area contributed by atoms with Crippen molar-refractivity contribution < 1.29 is 10.2 Å². The number of rotatable bonds is 5. The van der Waals surface area contributed by atoms with Crippen molar-refractivity contribution in [2.24, 2.45) is 23.7 Å². The molecule has 2 aliphatic rings. The van der Waals surface area contributed by atoms with Gasteiger partial charge in [0.25, 0.3) is 0 Å². The first-order chi connectivity index (χ1) is 10.2. The van der Waals surface area contributed by atoms with Gasteiger partial charge in [-0.15, -0.1) is 0 Å². The number of allylic oxidation sites excluding steroid dienone is 2. The summed E-state index contributed by atoms with van der Waals surface area (Å²) < 4.78 is 0. The molecule has 0 aromatic heterocycles. The predicted octanol–water partition coefficient (Wildman–Crippen LogP) is 4.47. The molecule has 1 saturated carbocycles. The lowest BCUT2D eigenvalue weighted by atomic mass is 9.73. The van der Waals surface area contributed by atoms with Gasteiger partial charge in [0.05, 0.1) is 11.7 Å². The minimum absolute atomic E-state index is 0.0483. The van der Waals surface area contributed by atoms with Crippen molar-refractivity contribution in [3.63, 3.8) is 0 Å². The average Bonchev–Trinajstić information content (AvgIpc) is 2.73. The van der Waals surface area contributed by atoms with Gasteiger partial charge in [-0.2, -0.15) is 0 Å². The van der Waals surface area contributed by atoms with Crippen LogP contribution in [0.25, 0.3) is 0 Å². The lowest BCUT2D eigenvalue weighted by Crippen LogP contribution is -2.45. The SMILES string of the molecule is C=C1CC[C@@H](C(C)(O)CCCC(C)C)[C@@H](O)C2C(C)=CC[C@@H]12. The van der Waals surface area contributed by atoms with Gasteiger partial charge in [-0.25, -0.2) is 0 Å². The highest BCUT2D eigenvalue weighted by Gasteiger charge is 2.46. The summed E-state index contributed by atoms with van der Waals surface area (Å²) >= 11 is 0. The van der Waals surface area contributed by atoms with E-state index in [0.717, 1.165) is 38.5 Å². The topological polar surface area (TPSA) is 40.5 Å². The molecule has 0 heterocycles. The van der Waals surface area contributed by atoms with E-state index in [1.54, 1.807) is 0 Å². The molecule has 0 bridgehead atoms. The fraction of sp³-hybridized carbons (Fsp3) is 0.800. The molecule has 2 nitrogen and oxygen atoms in total. The standard InChI is InChI=1S/C20H34O2/c1-13(2)7-6-12-20(5,22)17-11-9-14(3)16-10-8-15(4)18(16)19(17)21/h8,13,16-19,21-22H,3,6-7,9-12H2,1-2,4-5H3/t16-,17+,18?,19+,20?/m0/s1. The van der Waals surface area contributed by atoms with Gasteiger partial charge < -0.3 is 10.2 Å². The van der Waals surface area contributed by atoms with Crippen LogP contribution >= 0.6 is 0 Å². The van der Waals surface area contributed by atoms with E-state index < -0.39 is 11.7 Å². The Morgan fingerprint density at radius 1 is 1.41 bits per heavy atom. The molecular weight excluding hydrogens is 272 g/mol. The van der Waals surface area contributed by atoms with Crippen LogP contribution in [-0.4, -0.2) is 21.9 Å². The van der Waals surface area contributed by atoms with Crippen LogP contribution in [-0.2, 0) is 0 Å². The van der Waals surface area contributed by atoms with Crippen molar-refractivity contribution >= 4 is 0 Å². The van der Waals surface area contributed by atoms with Gasteiger partial charge in [-0.05, 0) is 51.4 Å². The summed E-state index contributed by atoms with van der Waals surface area (Å²) in [4.78, 5) is 0. The first-order valence-corrected chi connectivity index (χ1v) is 8.98. The molecule has 2 aliphatic carbocycles. The number of aliphatic hydroxyl groups excluding tert-OH is 1. The van der Waals surface area contributed by atoms with E-state index >= 15 is 0 Å². The molecule has 0 aromatic carbocycles. The number of fused-ring (bicyclic) bond motifs is 1. The molecule has 0 radical (unpaired) electrons. The Hall–Kier alpha value is -0.600. The Bertz CT molecular complexity index is 433. The van der Waals surface area contributed by atoms with Crippen molar-refractivity contribution in [1.82, 2.24) is 0 Å². The maximum atomic E-state index is 11.0. The predicted molar refractivity (Wildman–Crippen MR) is 92.5 cm³/mol. The van der Waals surface area contributed by atoms with Crippen LogP contribution < -0.4 is 0 Å². The first-order valence-electron chi connectivity index (χ1n) is 8.98. The van der Waals surface area contributed by atoms with Crippen LogP contribution in [0.15, 0.2) is 23.8 Å². The third kappa shape index (κ3) is 3.65. The Balaban J connectivity index is 2.12. The molecule has 0 spiro atoms. The molecule has 5 atom stereocenters. The van der Waals surface area contributed by atoms with Crippen molar-refractivity contribution in [2.75, 3.05) is 0 Å². The lowest BCUT2D eigenvalue weighted by molar-refractivity contribution is -0.0811. The fourth-order valence-electron chi connectivity index (χ4n) is 4.52. The summed E-state index contributed by atoms with van der Waals surface area (Å²) in [5.41, 5.74) is 1.76. The third-order valence-corrected chi connectivity index (χ3v) is 6.00. The molecule has 0 saturated heterocycles. The van der Waals surface area contributed by atoms with Gasteiger partial charge in [0.1, 0.15) is 0 Å². The number of aliphatic hydroxyl groups is 2. The zero-order valence-electron chi connectivity index (χ0n) is 14.8. The summed E-state index contributed by atoms with van der Waals surface area (Å²) in [6.45, 7) is 12.7. The second-order valence-corrected chi connectivity index (χ2v) is 8.25. The molecule has 0 aliphatic heterocycles. The molecule has 2 unspecified atom stereocenters. The maximum absolute atomic E-state index is 11.0. The van der Waals surface area contributed by atoms with E-state index in [-0.39, 0.29) is 11.8 Å². The van der Waals surface area contributed by atoms with Crippen LogP contribution in [0.2, 0.25) is 0 Å². The van der Waals surface area contributed by atoms with Crippen LogP contribution in [0.3, 0.4) is 0 Å². The number of hydrogen-bond acceptors (Lipinski definition) is 2. The highest BCUT2D eigenvalue weighted by molar-refractivity contribution is 5.25. The minimum atomic E-state index is -0.785. The van der Waals surface area contributed by atoms with E-state index in [9.17, 15) is 10.2 Å². The van der Waals surface area contributed by atoms with Gasteiger partial charge in [-0.3, -0.25) is 0 Å². The Labute approximate surface area is 136 Å². The largest absolute Gasteiger partial charge is 0.392 e. The van der Waals surface area contributed by atoms with Crippen molar-refractivity contribution in [3.8, 4) is 0 Å². The van der Waals surface area contributed by atoms with Crippen LogP contribution in [0.4, 0.5) is 0 Å². The van der Waals surface area contributed by atoms with E-state index in [1.165, 1.54) is 11.1 Å². The summed E-state index contributed by atoms with van der Waals surface area (Å²) in [5.74, 6) is 1.16. The van der Waals surface area contributed by atoms with Crippen molar-refractivity contribution in [2.45, 2.75) is 77.9 Å². The van der Waals surface area contributed by atoms with Crippen molar-refractivity contribution in [3.05, 3.63) is 23.8 Å². The summed E-state index contributed by atoms with van der Waals surface area (Å²) in [7, 11) is 0. The van der Waals surface area contributed by atoms with Crippen LogP contribution in [0, 0.1) is 23.7 Å². The van der Waals surface area contributed by atoms with Crippen LogP contribution in [0.1, 0.15) is 66.2 Å². The second-order valence-electron chi connectivity index (χ2n) is 8.25. The molecule has 126 valence electrons. The monoisotopic (exact) mass is 306 g/mol. The normalized spacial score (nSPS) is 35.0. The van der Waals surface area contributed by atoms with Gasteiger partial charge in [0.2, 0.25) is 0 Å². The average molecular weight is 306 g/mol. The fourth-order valence-corrected chi connectivity index (χ4v) is 4.52. The smallest absolute Gasteiger partial charge is 0.0672 e. The first kappa shape index (κ1) is 17.7. The molecule has 22 heavy (non-hydrogen) atoms. The number of hydrogen-bond donors (Lipinski definition) is 2. The molecule has 2 rings (SSSR count). The van der Waals surface area contributed by atoms with E-state index in [0.29, 0.717) is 11.8 Å². The van der Waals surface area contributed by atoms with E-state index in [1.807, 2.05) is 6.92 Å². The van der Waals surface area contributed by atoms with Gasteiger partial charge in [0, 0.05) is 11.8 Å². The highest BCUT2D eigenvalue weighted by atomic mass is 16.3. The maximum Gasteiger partial charge on any atom is 0.0672 e. The summed E-state index contributed by atoms with van der Waals surface area (Å²) in [6.07, 6.45) is 7.54. The quantitative estimate of drug-likeness (QED) is 0.736. The zero-order chi connectivity index (χ0) is 16.5. The molecule has 0 amide bonds. The molecule has 1 fully saturated rings. The third-order valence-electron chi connectivity index (χ3n) is 6.00. The molecule has 0 aromatic rings. The zero-order valence-corrected chi connectivity index (χ0v) is 14.8. The molecule has 2 N–H and O–H groups in total. The van der Waals surface area contributed by atoms with Gasteiger partial charge in [-0.1, -0.05) is 50.5 Å². The molecule has 2 heteroatoms. The lowest BCUT2D eigenvalue weighted by Gasteiger charge is -2.38. The Kier molecular flexibility index (Phi) is 5.55. The van der Waals surface area contributed by atoms with E-state index in [4.69, 9.17) is 0 Å². The Morgan fingerprint density at radius 3 is 2.73 bits per heavy atom. The van der Waals surface area contributed by atoms with E-state index in [2.05, 4.69) is 33.4 Å². The minimum Gasteiger partial charge on any atom is -0.392 e. The summed E-state index contributed by atoms with van der Waals surface area (Å²) in [5, 5.41) is 22.0. The molecular formula is C20H34O2. The second kappa shape index (κ2) is 6.88. The van der Waals surface area contributed by atoms with Gasteiger partial charge in [0.15, 0.2) is 0 Å². The van der Waals surface area contributed by atoms with Crippen LogP contribution in [0.5, 0.6) is 0 Å². The summed E-state index contributed by atoms with van der Waals surface area (Å²) in [6, 6.07) is 0.